The first-order valence-electron chi connectivity index (χ1n) is 10.1. The summed E-state index contributed by atoms with van der Waals surface area (Å²) >= 11 is 0. The van der Waals surface area contributed by atoms with E-state index < -0.39 is 18.5 Å². The Morgan fingerprint density at radius 2 is 1.87 bits per heavy atom. The van der Waals surface area contributed by atoms with Crippen molar-refractivity contribution < 1.29 is 19.1 Å². The van der Waals surface area contributed by atoms with Gasteiger partial charge in [-0.15, -0.1) is 0 Å². The average molecular weight is 409 g/mol. The molecule has 7 heteroatoms. The van der Waals surface area contributed by atoms with Crippen molar-refractivity contribution in [1.29, 1.82) is 5.26 Å². The third-order valence-corrected chi connectivity index (χ3v) is 5.69. The van der Waals surface area contributed by atoms with E-state index in [4.69, 9.17) is 9.47 Å². The molecule has 2 aromatic rings. The second kappa shape index (κ2) is 9.49. The SMILES string of the molecule is COc1ccc(CC(=O)OCC(=O)Nc2c(C#N)c(C)c(C)n2C2CCCC2)cc1. The van der Waals surface area contributed by atoms with Crippen LogP contribution in [0.3, 0.4) is 0 Å². The molecule has 1 heterocycles. The molecule has 0 bridgehead atoms. The van der Waals surface area contributed by atoms with Crippen LogP contribution in [0.5, 0.6) is 5.75 Å². The van der Waals surface area contributed by atoms with E-state index in [2.05, 4.69) is 16.0 Å². The van der Waals surface area contributed by atoms with Crippen LogP contribution in [-0.4, -0.2) is 30.2 Å². The van der Waals surface area contributed by atoms with Crippen LogP contribution < -0.4 is 10.1 Å². The number of ether oxygens (including phenoxy) is 2. The molecule has 0 saturated heterocycles. The quantitative estimate of drug-likeness (QED) is 0.702. The number of amides is 1. The van der Waals surface area contributed by atoms with Gasteiger partial charge in [0.25, 0.3) is 5.91 Å². The molecule has 1 aliphatic carbocycles. The van der Waals surface area contributed by atoms with E-state index in [-0.39, 0.29) is 12.5 Å². The highest BCUT2D eigenvalue weighted by Crippen LogP contribution is 2.37. The number of aromatic nitrogens is 1. The lowest BCUT2D eigenvalue weighted by atomic mass is 10.1. The Balaban J connectivity index is 1.63. The summed E-state index contributed by atoms with van der Waals surface area (Å²) in [5.74, 6) is 0.270. The smallest absolute Gasteiger partial charge is 0.310 e. The van der Waals surface area contributed by atoms with Gasteiger partial charge in [0.15, 0.2) is 6.61 Å². The highest BCUT2D eigenvalue weighted by atomic mass is 16.5. The third kappa shape index (κ3) is 4.65. The molecule has 1 aliphatic rings. The Bertz CT molecular complexity index is 964. The largest absolute Gasteiger partial charge is 0.497 e. The molecule has 158 valence electrons. The van der Waals surface area contributed by atoms with E-state index >= 15 is 0 Å². The number of hydrogen-bond donors (Lipinski definition) is 1. The number of carbonyl (C=O) groups is 2. The summed E-state index contributed by atoms with van der Waals surface area (Å²) in [4.78, 5) is 24.6. The van der Waals surface area contributed by atoms with Gasteiger partial charge >= 0.3 is 5.97 Å². The van der Waals surface area contributed by atoms with Crippen molar-refractivity contribution in [2.75, 3.05) is 19.0 Å². The molecule has 1 N–H and O–H groups in total. The highest BCUT2D eigenvalue weighted by molar-refractivity contribution is 5.94. The normalized spacial score (nSPS) is 13.7. The van der Waals surface area contributed by atoms with E-state index in [1.165, 1.54) is 0 Å². The number of hydrogen-bond acceptors (Lipinski definition) is 5. The predicted molar refractivity (Wildman–Crippen MR) is 112 cm³/mol. The van der Waals surface area contributed by atoms with Crippen LogP contribution in [0, 0.1) is 25.2 Å². The van der Waals surface area contributed by atoms with Crippen LogP contribution in [0.15, 0.2) is 24.3 Å². The van der Waals surface area contributed by atoms with Crippen LogP contribution in [0.4, 0.5) is 5.82 Å². The monoisotopic (exact) mass is 409 g/mol. The minimum absolute atomic E-state index is 0.0669. The van der Waals surface area contributed by atoms with Crippen molar-refractivity contribution in [3.05, 3.63) is 46.6 Å². The molecular formula is C23H27N3O4. The van der Waals surface area contributed by atoms with Crippen molar-refractivity contribution >= 4 is 17.7 Å². The minimum atomic E-state index is -0.491. The van der Waals surface area contributed by atoms with Gasteiger partial charge in [0.05, 0.1) is 19.1 Å². The summed E-state index contributed by atoms with van der Waals surface area (Å²) in [6.45, 7) is 3.47. The number of nitrogens with one attached hydrogen (secondary N) is 1. The maximum absolute atomic E-state index is 12.5. The molecule has 1 fully saturated rings. The van der Waals surface area contributed by atoms with Gasteiger partial charge in [-0.2, -0.15) is 5.26 Å². The Morgan fingerprint density at radius 3 is 2.47 bits per heavy atom. The fourth-order valence-corrected chi connectivity index (χ4v) is 3.98. The number of methoxy groups -OCH3 is 1. The molecule has 1 saturated carbocycles. The van der Waals surface area contributed by atoms with E-state index in [1.807, 2.05) is 13.8 Å². The van der Waals surface area contributed by atoms with Crippen LogP contribution >= 0.6 is 0 Å². The van der Waals surface area contributed by atoms with Crippen molar-refractivity contribution in [3.63, 3.8) is 0 Å². The van der Waals surface area contributed by atoms with Gasteiger partial charge in [0.2, 0.25) is 0 Å². The first-order valence-corrected chi connectivity index (χ1v) is 10.1. The van der Waals surface area contributed by atoms with E-state index in [1.54, 1.807) is 31.4 Å². The van der Waals surface area contributed by atoms with Crippen LogP contribution in [-0.2, 0) is 20.7 Å². The first kappa shape index (κ1) is 21.4. The number of nitrogens with zero attached hydrogens (tertiary/aromatic N) is 2. The predicted octanol–water partition coefficient (Wildman–Crippen LogP) is 3.82. The molecule has 30 heavy (non-hydrogen) atoms. The van der Waals surface area contributed by atoms with Crippen molar-refractivity contribution in [2.24, 2.45) is 0 Å². The molecule has 0 aliphatic heterocycles. The molecule has 7 nitrogen and oxygen atoms in total. The lowest BCUT2D eigenvalue weighted by molar-refractivity contribution is -0.146. The molecule has 3 rings (SSSR count). The van der Waals surface area contributed by atoms with Gasteiger partial charge in [-0.25, -0.2) is 0 Å². The fourth-order valence-electron chi connectivity index (χ4n) is 3.98. The number of rotatable bonds is 7. The van der Waals surface area contributed by atoms with Gasteiger partial charge in [-0.3, -0.25) is 9.59 Å². The topological polar surface area (TPSA) is 93.3 Å². The van der Waals surface area contributed by atoms with Gasteiger partial charge < -0.3 is 19.4 Å². The maximum Gasteiger partial charge on any atom is 0.310 e. The zero-order chi connectivity index (χ0) is 21.7. The van der Waals surface area contributed by atoms with E-state index in [0.29, 0.717) is 17.1 Å². The van der Waals surface area contributed by atoms with Crippen molar-refractivity contribution in [1.82, 2.24) is 4.57 Å². The van der Waals surface area contributed by atoms with Crippen molar-refractivity contribution in [3.8, 4) is 11.8 Å². The molecule has 0 radical (unpaired) electrons. The lowest BCUT2D eigenvalue weighted by Crippen LogP contribution is -2.24. The van der Waals surface area contributed by atoms with Crippen molar-refractivity contribution in [2.45, 2.75) is 52.0 Å². The maximum atomic E-state index is 12.5. The zero-order valence-electron chi connectivity index (χ0n) is 17.7. The Morgan fingerprint density at radius 1 is 1.20 bits per heavy atom. The first-order chi connectivity index (χ1) is 14.4. The van der Waals surface area contributed by atoms with Crippen LogP contribution in [0.25, 0.3) is 0 Å². The Labute approximate surface area is 176 Å². The van der Waals surface area contributed by atoms with Crippen LogP contribution in [0.1, 0.15) is 54.1 Å². The fraction of sp³-hybridized carbons (Fsp3) is 0.435. The molecule has 1 aromatic carbocycles. The van der Waals surface area contributed by atoms with Crippen LogP contribution in [0.2, 0.25) is 0 Å². The Hall–Kier alpha value is -3.27. The lowest BCUT2D eigenvalue weighted by Gasteiger charge is -2.19. The molecule has 1 aromatic heterocycles. The summed E-state index contributed by atoms with van der Waals surface area (Å²) in [5.41, 5.74) is 3.10. The number of anilines is 1. The second-order valence-corrected chi connectivity index (χ2v) is 7.59. The van der Waals surface area contributed by atoms with Gasteiger partial charge in [-0.1, -0.05) is 25.0 Å². The third-order valence-electron chi connectivity index (χ3n) is 5.69. The highest BCUT2D eigenvalue weighted by Gasteiger charge is 2.26. The molecular weight excluding hydrogens is 382 g/mol. The number of carbonyl (C=O) groups excluding carboxylic acids is 2. The average Bonchev–Trinajstić information content (AvgIpc) is 3.34. The molecule has 0 atom stereocenters. The number of esters is 1. The Kier molecular flexibility index (Phi) is 6.78. The summed E-state index contributed by atoms with van der Waals surface area (Å²) in [5, 5.41) is 12.4. The van der Waals surface area contributed by atoms with Gasteiger partial charge in [-0.05, 0) is 49.9 Å². The summed E-state index contributed by atoms with van der Waals surface area (Å²) in [7, 11) is 1.58. The summed E-state index contributed by atoms with van der Waals surface area (Å²) < 4.78 is 12.3. The summed E-state index contributed by atoms with van der Waals surface area (Å²) in [6, 6.07) is 9.57. The zero-order valence-corrected chi connectivity index (χ0v) is 17.7. The number of nitriles is 1. The summed E-state index contributed by atoms with van der Waals surface area (Å²) in [6.07, 6.45) is 4.40. The van der Waals surface area contributed by atoms with E-state index in [9.17, 15) is 14.9 Å². The minimum Gasteiger partial charge on any atom is -0.497 e. The molecule has 0 spiro atoms. The number of benzene rings is 1. The second-order valence-electron chi connectivity index (χ2n) is 7.59. The van der Waals surface area contributed by atoms with Gasteiger partial charge in [0.1, 0.15) is 17.6 Å². The molecule has 0 unspecified atom stereocenters. The van der Waals surface area contributed by atoms with E-state index in [0.717, 1.165) is 42.5 Å². The standard InChI is InChI=1S/C23H27N3O4/c1-15-16(2)26(18-6-4-5-7-18)23(20(15)13-24)25-21(27)14-30-22(28)12-17-8-10-19(29-3)11-9-17/h8-11,18H,4-7,12,14H2,1-3H3,(H,25,27). The molecule has 1 amide bonds. The van der Waals surface area contributed by atoms with Gasteiger partial charge in [0, 0.05) is 11.7 Å².